The van der Waals surface area contributed by atoms with Crippen LogP contribution in [0.15, 0.2) is 35.3 Å². The summed E-state index contributed by atoms with van der Waals surface area (Å²) in [6.45, 7) is 3.61. The Morgan fingerprint density at radius 2 is 1.70 bits per heavy atom. The molecule has 0 aliphatic carbocycles. The number of benzene rings is 1. The number of sulfone groups is 1. The number of halogens is 1. The molecule has 1 aromatic rings. The molecule has 0 saturated heterocycles. The average molecular weight is 453 g/mol. The lowest BCUT2D eigenvalue weighted by Crippen LogP contribution is -2.38. The van der Waals surface area contributed by atoms with Crippen molar-refractivity contribution in [2.45, 2.75) is 31.9 Å². The summed E-state index contributed by atoms with van der Waals surface area (Å²) in [7, 11) is -1.34. The molecular formula is C16H28IN3O2S. The molecule has 0 aromatic heterocycles. The van der Waals surface area contributed by atoms with Gasteiger partial charge in [0.05, 0.1) is 11.5 Å². The van der Waals surface area contributed by atoms with Gasteiger partial charge in [0.2, 0.25) is 0 Å². The van der Waals surface area contributed by atoms with Gasteiger partial charge in [-0.15, -0.1) is 24.0 Å². The van der Waals surface area contributed by atoms with Gasteiger partial charge in [0.15, 0.2) is 15.8 Å². The van der Waals surface area contributed by atoms with Crippen molar-refractivity contribution in [1.82, 2.24) is 10.6 Å². The van der Waals surface area contributed by atoms with Crippen molar-refractivity contribution in [3.8, 4) is 0 Å². The maximum absolute atomic E-state index is 12.1. The zero-order chi connectivity index (χ0) is 16.3. The summed E-state index contributed by atoms with van der Waals surface area (Å²) in [5.41, 5.74) is 0.840. The third-order valence-corrected chi connectivity index (χ3v) is 4.88. The van der Waals surface area contributed by atoms with Crippen molar-refractivity contribution in [1.29, 1.82) is 0 Å². The SMILES string of the molecule is CCCCNC(=NC)NCCCS(=O)(=O)Cc1ccccc1.I. The van der Waals surface area contributed by atoms with Gasteiger partial charge >= 0.3 is 0 Å². The van der Waals surface area contributed by atoms with Crippen LogP contribution >= 0.6 is 24.0 Å². The minimum Gasteiger partial charge on any atom is -0.356 e. The van der Waals surface area contributed by atoms with E-state index in [1.807, 2.05) is 30.3 Å². The standard InChI is InChI=1S/C16H27N3O2S.HI/c1-3-4-11-18-16(17-2)19-12-8-13-22(20,21)14-15-9-6-5-7-10-15;/h5-7,9-10H,3-4,8,11-14H2,1-2H3,(H2,17,18,19);1H. The summed E-state index contributed by atoms with van der Waals surface area (Å²) in [6, 6.07) is 9.29. The second-order valence-corrected chi connectivity index (χ2v) is 7.39. The summed E-state index contributed by atoms with van der Waals surface area (Å²) in [5, 5.41) is 6.34. The maximum Gasteiger partial charge on any atom is 0.190 e. The number of rotatable bonds is 9. The Hall–Kier alpha value is -0.830. The quantitative estimate of drug-likeness (QED) is 0.261. The largest absolute Gasteiger partial charge is 0.356 e. The van der Waals surface area contributed by atoms with Crippen LogP contribution in [0.4, 0.5) is 0 Å². The molecule has 0 amide bonds. The van der Waals surface area contributed by atoms with E-state index in [0.717, 1.165) is 30.9 Å². The predicted molar refractivity (Wildman–Crippen MR) is 108 cm³/mol. The molecule has 0 saturated carbocycles. The van der Waals surface area contributed by atoms with Crippen LogP contribution in [-0.4, -0.2) is 40.3 Å². The molecule has 0 fully saturated rings. The number of unbranched alkanes of at least 4 members (excludes halogenated alkanes) is 1. The minimum absolute atomic E-state index is 0. The van der Waals surface area contributed by atoms with Crippen LogP contribution in [-0.2, 0) is 15.6 Å². The lowest BCUT2D eigenvalue weighted by molar-refractivity contribution is 0.591. The zero-order valence-electron chi connectivity index (χ0n) is 13.9. The first kappa shape index (κ1) is 22.2. The van der Waals surface area contributed by atoms with Gasteiger partial charge in [0.25, 0.3) is 0 Å². The second kappa shape index (κ2) is 12.6. The highest BCUT2D eigenvalue weighted by atomic mass is 127. The van der Waals surface area contributed by atoms with Crippen LogP contribution in [0.2, 0.25) is 0 Å². The van der Waals surface area contributed by atoms with E-state index in [2.05, 4.69) is 22.5 Å². The predicted octanol–water partition coefficient (Wildman–Crippen LogP) is 2.57. The number of aliphatic imine (C=N–C) groups is 1. The van der Waals surface area contributed by atoms with Gasteiger partial charge in [-0.3, -0.25) is 4.99 Å². The Morgan fingerprint density at radius 3 is 2.26 bits per heavy atom. The van der Waals surface area contributed by atoms with Crippen LogP contribution in [0.3, 0.4) is 0 Å². The van der Waals surface area contributed by atoms with Crippen molar-refractivity contribution in [3.05, 3.63) is 35.9 Å². The fourth-order valence-electron chi connectivity index (χ4n) is 2.00. The van der Waals surface area contributed by atoms with Crippen LogP contribution in [0.25, 0.3) is 0 Å². The first-order valence-corrected chi connectivity index (χ1v) is 9.58. The van der Waals surface area contributed by atoms with Crippen molar-refractivity contribution in [3.63, 3.8) is 0 Å². The molecule has 0 heterocycles. The molecule has 0 aliphatic heterocycles. The summed E-state index contributed by atoms with van der Waals surface area (Å²) < 4.78 is 24.1. The van der Waals surface area contributed by atoms with E-state index in [9.17, 15) is 8.42 Å². The first-order valence-electron chi connectivity index (χ1n) is 7.76. The first-order chi connectivity index (χ1) is 10.6. The van der Waals surface area contributed by atoms with Gasteiger partial charge in [-0.25, -0.2) is 8.42 Å². The average Bonchev–Trinajstić information content (AvgIpc) is 2.50. The molecule has 0 radical (unpaired) electrons. The molecule has 0 unspecified atom stereocenters. The van der Waals surface area contributed by atoms with Crippen molar-refractivity contribution >= 4 is 39.8 Å². The fraction of sp³-hybridized carbons (Fsp3) is 0.562. The van der Waals surface area contributed by atoms with E-state index < -0.39 is 9.84 Å². The molecule has 2 N–H and O–H groups in total. The molecule has 23 heavy (non-hydrogen) atoms. The lowest BCUT2D eigenvalue weighted by Gasteiger charge is -2.11. The van der Waals surface area contributed by atoms with E-state index in [4.69, 9.17) is 0 Å². The molecule has 0 spiro atoms. The Kier molecular flexibility index (Phi) is 12.1. The van der Waals surface area contributed by atoms with E-state index in [1.54, 1.807) is 7.05 Å². The molecule has 0 bridgehead atoms. The number of hydrogen-bond donors (Lipinski definition) is 2. The van der Waals surface area contributed by atoms with Gasteiger partial charge in [0.1, 0.15) is 0 Å². The Balaban J connectivity index is 0.00000484. The Bertz CT molecular complexity index is 548. The lowest BCUT2D eigenvalue weighted by atomic mass is 10.2. The topological polar surface area (TPSA) is 70.6 Å². The summed E-state index contributed by atoms with van der Waals surface area (Å²) in [4.78, 5) is 4.11. The monoisotopic (exact) mass is 453 g/mol. The highest BCUT2D eigenvalue weighted by Crippen LogP contribution is 2.06. The number of guanidine groups is 1. The zero-order valence-corrected chi connectivity index (χ0v) is 17.1. The minimum atomic E-state index is -3.06. The van der Waals surface area contributed by atoms with Crippen LogP contribution in [0.1, 0.15) is 31.7 Å². The Morgan fingerprint density at radius 1 is 1.09 bits per heavy atom. The van der Waals surface area contributed by atoms with Crippen molar-refractivity contribution in [2.24, 2.45) is 4.99 Å². The van der Waals surface area contributed by atoms with Gasteiger partial charge in [-0.1, -0.05) is 43.7 Å². The van der Waals surface area contributed by atoms with Gasteiger partial charge in [-0.05, 0) is 18.4 Å². The van der Waals surface area contributed by atoms with Crippen LogP contribution in [0.5, 0.6) is 0 Å². The number of nitrogens with zero attached hydrogens (tertiary/aromatic N) is 1. The third-order valence-electron chi connectivity index (χ3n) is 3.20. The molecule has 132 valence electrons. The van der Waals surface area contributed by atoms with E-state index >= 15 is 0 Å². The molecule has 5 nitrogen and oxygen atoms in total. The van der Waals surface area contributed by atoms with Crippen LogP contribution in [0, 0.1) is 0 Å². The van der Waals surface area contributed by atoms with E-state index in [1.165, 1.54) is 0 Å². The summed E-state index contributed by atoms with van der Waals surface area (Å²) in [5.74, 6) is 1.02. The van der Waals surface area contributed by atoms with E-state index in [0.29, 0.717) is 13.0 Å². The highest BCUT2D eigenvalue weighted by Gasteiger charge is 2.11. The van der Waals surface area contributed by atoms with Gasteiger partial charge in [0, 0.05) is 20.1 Å². The van der Waals surface area contributed by atoms with Crippen molar-refractivity contribution < 1.29 is 8.42 Å². The molecule has 1 aromatic carbocycles. The summed E-state index contributed by atoms with van der Waals surface area (Å²) >= 11 is 0. The molecule has 0 aliphatic rings. The highest BCUT2D eigenvalue weighted by molar-refractivity contribution is 14.0. The fourth-order valence-corrected chi connectivity index (χ4v) is 3.43. The number of nitrogens with one attached hydrogen (secondary N) is 2. The van der Waals surface area contributed by atoms with Crippen molar-refractivity contribution in [2.75, 3.05) is 25.9 Å². The van der Waals surface area contributed by atoms with E-state index in [-0.39, 0.29) is 35.5 Å². The smallest absolute Gasteiger partial charge is 0.190 e. The third kappa shape index (κ3) is 10.5. The van der Waals surface area contributed by atoms with Crippen LogP contribution < -0.4 is 10.6 Å². The normalized spacial score (nSPS) is 11.7. The van der Waals surface area contributed by atoms with Gasteiger partial charge in [-0.2, -0.15) is 0 Å². The summed E-state index contributed by atoms with van der Waals surface area (Å²) in [6.07, 6.45) is 2.79. The van der Waals surface area contributed by atoms with Gasteiger partial charge < -0.3 is 10.6 Å². The second-order valence-electron chi connectivity index (χ2n) is 5.21. The molecular weight excluding hydrogens is 425 g/mol. The Labute approximate surface area is 157 Å². The molecule has 7 heteroatoms. The molecule has 0 atom stereocenters. The number of hydrogen-bond acceptors (Lipinski definition) is 3. The molecule has 1 rings (SSSR count). The maximum atomic E-state index is 12.1.